The van der Waals surface area contributed by atoms with Gasteiger partial charge < -0.3 is 16.0 Å². The molecule has 1 unspecified atom stereocenters. The predicted octanol–water partition coefficient (Wildman–Crippen LogP) is 0.547. The molecule has 3 atom stereocenters. The van der Waals surface area contributed by atoms with Crippen molar-refractivity contribution >= 4 is 23.3 Å². The topological polar surface area (TPSA) is 87.3 Å². The fourth-order valence-corrected chi connectivity index (χ4v) is 2.94. The van der Waals surface area contributed by atoms with Crippen LogP contribution < -0.4 is 16.0 Å². The summed E-state index contributed by atoms with van der Waals surface area (Å²) in [6.07, 6.45) is -4.48. The molecule has 3 N–H and O–H groups in total. The van der Waals surface area contributed by atoms with E-state index in [0.29, 0.717) is 13.1 Å². The molecule has 2 fully saturated rings. The number of nitrogens with one attached hydrogen (secondary N) is 3. The molecule has 0 bridgehead atoms. The third-order valence-electron chi connectivity index (χ3n) is 4.20. The molecule has 1 aromatic carbocycles. The van der Waals surface area contributed by atoms with Crippen LogP contribution in [0.2, 0.25) is 0 Å². The van der Waals surface area contributed by atoms with Gasteiger partial charge in [0.05, 0.1) is 17.5 Å². The van der Waals surface area contributed by atoms with E-state index in [2.05, 4.69) is 16.0 Å². The van der Waals surface area contributed by atoms with Gasteiger partial charge in [-0.25, -0.2) is 0 Å². The molecule has 2 aliphatic rings. The number of ketones is 1. The van der Waals surface area contributed by atoms with Crippen LogP contribution in [0.3, 0.4) is 0 Å². The highest BCUT2D eigenvalue weighted by Crippen LogP contribution is 2.30. The van der Waals surface area contributed by atoms with E-state index in [0.717, 1.165) is 24.3 Å². The number of rotatable bonds is 2. The van der Waals surface area contributed by atoms with Gasteiger partial charge in [-0.3, -0.25) is 14.4 Å². The van der Waals surface area contributed by atoms with Gasteiger partial charge in [0.1, 0.15) is 0 Å². The highest BCUT2D eigenvalue weighted by molar-refractivity contribution is 6.23. The molecular weight excluding hydrogens is 327 g/mol. The van der Waals surface area contributed by atoms with Gasteiger partial charge in [-0.15, -0.1) is 0 Å². The van der Waals surface area contributed by atoms with Gasteiger partial charge in [0, 0.05) is 18.8 Å². The number of alkyl halides is 3. The first-order chi connectivity index (χ1) is 11.3. The van der Waals surface area contributed by atoms with E-state index in [4.69, 9.17) is 0 Å². The molecule has 0 spiro atoms. The minimum absolute atomic E-state index is 0.0836. The second-order valence-electron chi connectivity index (χ2n) is 5.78. The molecule has 2 aliphatic heterocycles. The fourth-order valence-electron chi connectivity index (χ4n) is 2.94. The zero-order valence-electron chi connectivity index (χ0n) is 12.3. The van der Waals surface area contributed by atoms with Crippen LogP contribution in [0.15, 0.2) is 24.3 Å². The van der Waals surface area contributed by atoms with Crippen molar-refractivity contribution in [1.82, 2.24) is 10.6 Å². The quantitative estimate of drug-likeness (QED) is 0.686. The van der Waals surface area contributed by atoms with Crippen molar-refractivity contribution < 1.29 is 27.6 Å². The largest absolute Gasteiger partial charge is 0.416 e. The van der Waals surface area contributed by atoms with Gasteiger partial charge in [0.2, 0.25) is 11.8 Å². The number of fused-ring (bicyclic) bond motifs is 1. The lowest BCUT2D eigenvalue weighted by molar-refractivity contribution is -0.145. The Hall–Kier alpha value is -2.42. The van der Waals surface area contributed by atoms with E-state index >= 15 is 0 Å². The summed E-state index contributed by atoms with van der Waals surface area (Å²) < 4.78 is 37.5. The zero-order valence-corrected chi connectivity index (χ0v) is 12.3. The average Bonchev–Trinajstić information content (AvgIpc) is 2.95. The molecule has 0 saturated carbocycles. The first kappa shape index (κ1) is 16.4. The summed E-state index contributed by atoms with van der Waals surface area (Å²) in [5.74, 6) is -3.96. The van der Waals surface area contributed by atoms with Gasteiger partial charge in [-0.1, -0.05) is 0 Å². The van der Waals surface area contributed by atoms with Gasteiger partial charge >= 0.3 is 6.18 Å². The van der Waals surface area contributed by atoms with Crippen LogP contribution in [-0.2, 0) is 20.6 Å². The van der Waals surface area contributed by atoms with Crippen LogP contribution in [0.1, 0.15) is 5.56 Å². The first-order valence-corrected chi connectivity index (χ1v) is 7.30. The normalized spacial score (nSPS) is 26.7. The minimum atomic E-state index is -4.48. The van der Waals surface area contributed by atoms with E-state index < -0.39 is 41.2 Å². The number of amides is 2. The number of carbonyl (C=O) groups is 3. The molecular formula is C15H14F3N3O3. The number of Topliss-reactive ketones (excluding diaryl/α,β-unsaturated/α-hetero) is 1. The third kappa shape index (κ3) is 2.99. The maximum atomic E-state index is 12.5. The summed E-state index contributed by atoms with van der Waals surface area (Å²) in [6, 6.07) is 3.46. The van der Waals surface area contributed by atoms with Crippen LogP contribution >= 0.6 is 0 Å². The minimum Gasteiger partial charge on any atom is -0.350 e. The number of piperidine rings is 1. The van der Waals surface area contributed by atoms with E-state index in [-0.39, 0.29) is 11.7 Å². The molecule has 0 aromatic heterocycles. The molecule has 0 radical (unpaired) electrons. The second-order valence-corrected chi connectivity index (χ2v) is 5.78. The number of anilines is 1. The molecule has 3 rings (SSSR count). The van der Waals surface area contributed by atoms with Crippen LogP contribution in [0.4, 0.5) is 18.9 Å². The maximum Gasteiger partial charge on any atom is 0.416 e. The third-order valence-corrected chi connectivity index (χ3v) is 4.20. The molecule has 6 nitrogen and oxygen atoms in total. The number of carbonyl (C=O) groups excluding carboxylic acids is 3. The van der Waals surface area contributed by atoms with Crippen molar-refractivity contribution in [3.05, 3.63) is 29.8 Å². The average molecular weight is 341 g/mol. The molecule has 2 saturated heterocycles. The van der Waals surface area contributed by atoms with Crippen LogP contribution in [0.25, 0.3) is 0 Å². The molecule has 9 heteroatoms. The monoisotopic (exact) mass is 341 g/mol. The molecule has 24 heavy (non-hydrogen) atoms. The summed E-state index contributed by atoms with van der Waals surface area (Å²) in [4.78, 5) is 36.5. The maximum absolute atomic E-state index is 12.5. The Labute approximate surface area is 134 Å². The van der Waals surface area contributed by atoms with Crippen LogP contribution in [-0.4, -0.2) is 36.7 Å². The number of benzene rings is 1. The summed E-state index contributed by atoms with van der Waals surface area (Å²) >= 11 is 0. The Balaban J connectivity index is 1.72. The Morgan fingerprint density at radius 2 is 1.79 bits per heavy atom. The standard InChI is InChI=1S/C15H14F3N3O3/c16-15(17,18)7-1-3-8(4-2-7)20-13(23)11-12(22)9-5-19-6-10(9)21-14(11)24/h1-4,9-11,19H,5-6H2,(H,20,23)(H,21,24)/t9-,10-,11?/m1/s1. The Morgan fingerprint density at radius 1 is 1.12 bits per heavy atom. The molecule has 0 aliphatic carbocycles. The van der Waals surface area contributed by atoms with Crippen LogP contribution in [0, 0.1) is 11.8 Å². The Morgan fingerprint density at radius 3 is 2.42 bits per heavy atom. The lowest BCUT2D eigenvalue weighted by Crippen LogP contribution is -2.57. The smallest absolute Gasteiger partial charge is 0.350 e. The number of halogens is 3. The second kappa shape index (κ2) is 5.90. The Bertz CT molecular complexity index is 687. The molecule has 2 heterocycles. The summed E-state index contributed by atoms with van der Waals surface area (Å²) in [7, 11) is 0. The molecule has 2 amide bonds. The lowest BCUT2D eigenvalue weighted by atomic mass is 9.84. The zero-order chi connectivity index (χ0) is 17.5. The van der Waals surface area contributed by atoms with E-state index in [9.17, 15) is 27.6 Å². The van der Waals surface area contributed by atoms with Gasteiger partial charge in [0.15, 0.2) is 11.7 Å². The van der Waals surface area contributed by atoms with Gasteiger partial charge in [-0.05, 0) is 24.3 Å². The highest BCUT2D eigenvalue weighted by Gasteiger charge is 2.48. The summed E-state index contributed by atoms with van der Waals surface area (Å²) in [5.41, 5.74) is -0.771. The SMILES string of the molecule is O=C(Nc1ccc(C(F)(F)F)cc1)C1C(=O)N[C@@H]2CNC[C@H]2C1=O. The Kier molecular flexibility index (Phi) is 4.04. The van der Waals surface area contributed by atoms with Gasteiger partial charge in [-0.2, -0.15) is 13.2 Å². The van der Waals surface area contributed by atoms with E-state index in [1.165, 1.54) is 0 Å². The van der Waals surface area contributed by atoms with E-state index in [1.807, 2.05) is 0 Å². The van der Waals surface area contributed by atoms with Crippen molar-refractivity contribution in [3.63, 3.8) is 0 Å². The number of hydrogen-bond donors (Lipinski definition) is 3. The van der Waals surface area contributed by atoms with Crippen molar-refractivity contribution in [1.29, 1.82) is 0 Å². The summed E-state index contributed by atoms with van der Waals surface area (Å²) in [5, 5.41) is 7.92. The first-order valence-electron chi connectivity index (χ1n) is 7.30. The van der Waals surface area contributed by atoms with Gasteiger partial charge in [0.25, 0.3) is 0 Å². The summed E-state index contributed by atoms with van der Waals surface area (Å²) in [6.45, 7) is 0.850. The van der Waals surface area contributed by atoms with Crippen LogP contribution in [0.5, 0.6) is 0 Å². The van der Waals surface area contributed by atoms with Crippen molar-refractivity contribution in [2.75, 3.05) is 18.4 Å². The highest BCUT2D eigenvalue weighted by atomic mass is 19.4. The predicted molar refractivity (Wildman–Crippen MR) is 76.9 cm³/mol. The van der Waals surface area contributed by atoms with Crippen molar-refractivity contribution in [2.45, 2.75) is 12.2 Å². The number of hydrogen-bond acceptors (Lipinski definition) is 4. The lowest BCUT2D eigenvalue weighted by Gasteiger charge is -2.29. The molecule has 1 aromatic rings. The fraction of sp³-hybridized carbons (Fsp3) is 0.400. The van der Waals surface area contributed by atoms with Crippen molar-refractivity contribution in [3.8, 4) is 0 Å². The molecule has 128 valence electrons. The van der Waals surface area contributed by atoms with E-state index in [1.54, 1.807) is 0 Å². The van der Waals surface area contributed by atoms with Crippen molar-refractivity contribution in [2.24, 2.45) is 11.8 Å².